The Morgan fingerprint density at radius 1 is 1.25 bits per heavy atom. The molecule has 0 aliphatic carbocycles. The molecule has 0 saturated heterocycles. The fourth-order valence-corrected chi connectivity index (χ4v) is 2.47. The zero-order chi connectivity index (χ0) is 14.5. The lowest BCUT2D eigenvalue weighted by atomic mass is 10.0. The first-order valence-corrected chi connectivity index (χ1v) is 7.47. The Balaban J connectivity index is 2.35. The van der Waals surface area contributed by atoms with Crippen LogP contribution >= 0.6 is 0 Å². The van der Waals surface area contributed by atoms with E-state index in [-0.39, 0.29) is 6.04 Å². The molecule has 5 nitrogen and oxygen atoms in total. The average Bonchev–Trinajstić information content (AvgIpc) is 3.06. The molecule has 0 bridgehead atoms. The van der Waals surface area contributed by atoms with Gasteiger partial charge < -0.3 is 5.32 Å². The normalized spacial score (nSPS) is 12.8. The summed E-state index contributed by atoms with van der Waals surface area (Å²) in [5, 5.41) is 12.6. The summed E-state index contributed by atoms with van der Waals surface area (Å²) in [5.74, 6) is 0. The maximum atomic E-state index is 4.56. The summed E-state index contributed by atoms with van der Waals surface area (Å²) in [7, 11) is 1.98. The number of aromatic nitrogens is 4. The summed E-state index contributed by atoms with van der Waals surface area (Å²) in [6.07, 6.45) is 8.26. The smallest absolute Gasteiger partial charge is 0.0673 e. The summed E-state index contributed by atoms with van der Waals surface area (Å²) in [6, 6.07) is 0.180. The largest absolute Gasteiger partial charge is 0.306 e. The standard InChI is InChI=1S/C15H25N5/c1-5-8-16-15(12-9-17-20(7-3)10-12)13-11-19(4)18-14(13)6-2/h9-11,15-16H,5-8H2,1-4H3. The summed E-state index contributed by atoms with van der Waals surface area (Å²) in [5.41, 5.74) is 3.63. The van der Waals surface area contributed by atoms with Crippen LogP contribution in [0.4, 0.5) is 0 Å². The van der Waals surface area contributed by atoms with E-state index < -0.39 is 0 Å². The molecule has 0 amide bonds. The molecule has 0 spiro atoms. The molecule has 1 unspecified atom stereocenters. The van der Waals surface area contributed by atoms with E-state index >= 15 is 0 Å². The molecule has 0 aromatic carbocycles. The van der Waals surface area contributed by atoms with Crippen molar-refractivity contribution in [3.05, 3.63) is 35.4 Å². The molecule has 2 aromatic heterocycles. The monoisotopic (exact) mass is 275 g/mol. The molecule has 0 fully saturated rings. The van der Waals surface area contributed by atoms with Gasteiger partial charge in [0.25, 0.3) is 0 Å². The fraction of sp³-hybridized carbons (Fsp3) is 0.600. The Hall–Kier alpha value is -1.62. The molecule has 20 heavy (non-hydrogen) atoms. The molecule has 1 N–H and O–H groups in total. The van der Waals surface area contributed by atoms with E-state index in [1.54, 1.807) is 0 Å². The van der Waals surface area contributed by atoms with Gasteiger partial charge in [-0.1, -0.05) is 13.8 Å². The lowest BCUT2D eigenvalue weighted by Gasteiger charge is -2.17. The van der Waals surface area contributed by atoms with Crippen molar-refractivity contribution in [3.8, 4) is 0 Å². The second kappa shape index (κ2) is 6.70. The number of nitrogens with one attached hydrogen (secondary N) is 1. The summed E-state index contributed by atoms with van der Waals surface area (Å²) in [4.78, 5) is 0. The number of hydrogen-bond acceptors (Lipinski definition) is 3. The van der Waals surface area contributed by atoms with Gasteiger partial charge in [0, 0.05) is 37.1 Å². The van der Waals surface area contributed by atoms with E-state index in [9.17, 15) is 0 Å². The van der Waals surface area contributed by atoms with Gasteiger partial charge in [-0.05, 0) is 26.3 Å². The lowest BCUT2D eigenvalue weighted by molar-refractivity contribution is 0.592. The van der Waals surface area contributed by atoms with Gasteiger partial charge in [0.05, 0.1) is 17.9 Å². The minimum Gasteiger partial charge on any atom is -0.306 e. The molecule has 0 aliphatic rings. The molecule has 2 aromatic rings. The van der Waals surface area contributed by atoms with Crippen molar-refractivity contribution in [1.29, 1.82) is 0 Å². The van der Waals surface area contributed by atoms with Crippen molar-refractivity contribution in [1.82, 2.24) is 24.9 Å². The third kappa shape index (κ3) is 3.10. The van der Waals surface area contributed by atoms with Gasteiger partial charge in [-0.3, -0.25) is 9.36 Å². The predicted octanol–water partition coefficient (Wildman–Crippen LogP) is 2.29. The van der Waals surface area contributed by atoms with E-state index in [0.29, 0.717) is 0 Å². The van der Waals surface area contributed by atoms with E-state index in [4.69, 9.17) is 0 Å². The Bertz CT molecular complexity index is 540. The number of hydrogen-bond donors (Lipinski definition) is 1. The second-order valence-electron chi connectivity index (χ2n) is 5.07. The van der Waals surface area contributed by atoms with Crippen LogP contribution in [-0.2, 0) is 20.0 Å². The summed E-state index contributed by atoms with van der Waals surface area (Å²) < 4.78 is 3.87. The molecule has 2 rings (SSSR count). The van der Waals surface area contributed by atoms with Crippen LogP contribution in [0.15, 0.2) is 18.6 Å². The van der Waals surface area contributed by atoms with Crippen LogP contribution in [0, 0.1) is 0 Å². The van der Waals surface area contributed by atoms with Crippen LogP contribution in [0.2, 0.25) is 0 Å². The minimum absolute atomic E-state index is 0.180. The van der Waals surface area contributed by atoms with Crippen molar-refractivity contribution < 1.29 is 0 Å². The van der Waals surface area contributed by atoms with Crippen LogP contribution in [0.5, 0.6) is 0 Å². The highest BCUT2D eigenvalue weighted by atomic mass is 15.3. The molecule has 110 valence electrons. The predicted molar refractivity (Wildman–Crippen MR) is 80.6 cm³/mol. The van der Waals surface area contributed by atoms with Gasteiger partial charge in [-0.15, -0.1) is 0 Å². The average molecular weight is 275 g/mol. The number of rotatable bonds is 7. The zero-order valence-electron chi connectivity index (χ0n) is 12.9. The van der Waals surface area contributed by atoms with Gasteiger partial charge in [0.15, 0.2) is 0 Å². The summed E-state index contributed by atoms with van der Waals surface area (Å²) >= 11 is 0. The highest BCUT2D eigenvalue weighted by Crippen LogP contribution is 2.24. The Morgan fingerprint density at radius 3 is 2.65 bits per heavy atom. The van der Waals surface area contributed by atoms with Gasteiger partial charge in [-0.25, -0.2) is 0 Å². The molecule has 2 heterocycles. The van der Waals surface area contributed by atoms with Crippen LogP contribution in [-0.4, -0.2) is 26.1 Å². The second-order valence-corrected chi connectivity index (χ2v) is 5.07. The van der Waals surface area contributed by atoms with E-state index in [2.05, 4.69) is 48.7 Å². The van der Waals surface area contributed by atoms with Crippen molar-refractivity contribution in [2.45, 2.75) is 46.2 Å². The third-order valence-corrected chi connectivity index (χ3v) is 3.49. The number of aryl methyl sites for hydroxylation is 3. The van der Waals surface area contributed by atoms with E-state index in [1.807, 2.05) is 22.6 Å². The first-order chi connectivity index (χ1) is 9.69. The van der Waals surface area contributed by atoms with Gasteiger partial charge in [0.1, 0.15) is 0 Å². The highest BCUT2D eigenvalue weighted by molar-refractivity contribution is 5.31. The van der Waals surface area contributed by atoms with Crippen molar-refractivity contribution in [2.75, 3.05) is 6.54 Å². The molecule has 5 heteroatoms. The van der Waals surface area contributed by atoms with Crippen LogP contribution < -0.4 is 5.32 Å². The molecule has 0 radical (unpaired) electrons. The maximum Gasteiger partial charge on any atom is 0.0673 e. The van der Waals surface area contributed by atoms with E-state index in [0.717, 1.165) is 31.6 Å². The molecular formula is C15H25N5. The fourth-order valence-electron chi connectivity index (χ4n) is 2.47. The molecule has 0 aliphatic heterocycles. The number of nitrogens with zero attached hydrogens (tertiary/aromatic N) is 4. The molecular weight excluding hydrogens is 250 g/mol. The first-order valence-electron chi connectivity index (χ1n) is 7.47. The quantitative estimate of drug-likeness (QED) is 0.843. The summed E-state index contributed by atoms with van der Waals surface area (Å²) in [6.45, 7) is 8.32. The maximum absolute atomic E-state index is 4.56. The SMILES string of the molecule is CCCNC(c1cnn(CC)c1)c1cn(C)nc1CC. The van der Waals surface area contributed by atoms with Gasteiger partial charge in [-0.2, -0.15) is 10.2 Å². The van der Waals surface area contributed by atoms with Crippen LogP contribution in [0.25, 0.3) is 0 Å². The van der Waals surface area contributed by atoms with Crippen LogP contribution in [0.1, 0.15) is 50.1 Å². The van der Waals surface area contributed by atoms with Crippen molar-refractivity contribution >= 4 is 0 Å². The minimum atomic E-state index is 0.180. The molecule has 0 saturated carbocycles. The highest BCUT2D eigenvalue weighted by Gasteiger charge is 2.20. The Morgan fingerprint density at radius 2 is 2.05 bits per heavy atom. The molecule has 1 atom stereocenters. The lowest BCUT2D eigenvalue weighted by Crippen LogP contribution is -2.23. The Labute approximate surface area is 121 Å². The topological polar surface area (TPSA) is 47.7 Å². The van der Waals surface area contributed by atoms with Crippen molar-refractivity contribution in [2.24, 2.45) is 7.05 Å². The third-order valence-electron chi connectivity index (χ3n) is 3.49. The van der Waals surface area contributed by atoms with Gasteiger partial charge in [0.2, 0.25) is 0 Å². The first kappa shape index (κ1) is 14.8. The van der Waals surface area contributed by atoms with E-state index in [1.165, 1.54) is 11.1 Å². The Kier molecular flexibility index (Phi) is 4.95. The van der Waals surface area contributed by atoms with Crippen molar-refractivity contribution in [3.63, 3.8) is 0 Å². The zero-order valence-corrected chi connectivity index (χ0v) is 12.9. The van der Waals surface area contributed by atoms with Crippen LogP contribution in [0.3, 0.4) is 0 Å². The van der Waals surface area contributed by atoms with Gasteiger partial charge >= 0.3 is 0 Å².